The Hall–Kier alpha value is -1.78. The second kappa shape index (κ2) is 3.12. The van der Waals surface area contributed by atoms with Crippen molar-refractivity contribution >= 4 is 5.82 Å². The second-order valence-corrected chi connectivity index (χ2v) is 4.53. The molecule has 2 heterocycles. The van der Waals surface area contributed by atoms with Gasteiger partial charge in [-0.25, -0.2) is 0 Å². The maximum Gasteiger partial charge on any atom is 0.145 e. The van der Waals surface area contributed by atoms with Crippen LogP contribution in [0.25, 0.3) is 11.4 Å². The van der Waals surface area contributed by atoms with Crippen LogP contribution in [-0.2, 0) is 5.41 Å². The van der Waals surface area contributed by atoms with Crippen molar-refractivity contribution in [2.75, 3.05) is 5.73 Å². The quantitative estimate of drug-likeness (QED) is 0.747. The Kier molecular flexibility index (Phi) is 2.03. The number of nitrogens with two attached hydrogens (primary N) is 1. The zero-order valence-corrected chi connectivity index (χ0v) is 9.03. The van der Waals surface area contributed by atoms with Gasteiger partial charge < -0.3 is 10.3 Å². The van der Waals surface area contributed by atoms with Crippen molar-refractivity contribution in [3.8, 4) is 11.4 Å². The lowest BCUT2D eigenvalue weighted by Crippen LogP contribution is -2.09. The van der Waals surface area contributed by atoms with Crippen LogP contribution < -0.4 is 5.73 Å². The van der Waals surface area contributed by atoms with Crippen LogP contribution in [0.1, 0.15) is 26.5 Å². The maximum atomic E-state index is 5.51. The lowest BCUT2D eigenvalue weighted by molar-refractivity contribution is 0.330. The molecule has 2 aromatic rings. The molecule has 0 atom stereocenters. The highest BCUT2D eigenvalue weighted by atomic mass is 16.5. The summed E-state index contributed by atoms with van der Waals surface area (Å²) in [4.78, 5) is 0. The number of anilines is 1. The summed E-state index contributed by atoms with van der Waals surface area (Å²) in [5.74, 6) is 1.29. The van der Waals surface area contributed by atoms with E-state index in [0.29, 0.717) is 5.82 Å². The molecule has 0 aliphatic rings. The number of nitrogens with one attached hydrogen (secondary N) is 1. The van der Waals surface area contributed by atoms with Gasteiger partial charge in [-0.2, -0.15) is 5.10 Å². The summed E-state index contributed by atoms with van der Waals surface area (Å²) in [5.41, 5.74) is 6.96. The number of rotatable bonds is 1. The molecule has 5 heteroatoms. The topological polar surface area (TPSA) is 80.7 Å². The largest absolute Gasteiger partial charge is 0.382 e. The first-order valence-corrected chi connectivity index (χ1v) is 4.75. The Balaban J connectivity index is 2.36. The van der Waals surface area contributed by atoms with E-state index in [1.807, 2.05) is 6.07 Å². The van der Waals surface area contributed by atoms with Crippen molar-refractivity contribution in [2.24, 2.45) is 0 Å². The number of nitrogens with zero attached hydrogens (tertiary/aromatic N) is 2. The number of aromatic amines is 1. The number of aromatic nitrogens is 3. The SMILES string of the molecule is CC(C)(C)c1cc(-c2cc(N)n[nH]2)no1. The van der Waals surface area contributed by atoms with Crippen LogP contribution in [0.15, 0.2) is 16.7 Å². The molecule has 5 nitrogen and oxygen atoms in total. The van der Waals surface area contributed by atoms with Gasteiger partial charge in [0.15, 0.2) is 0 Å². The molecule has 0 amide bonds. The fourth-order valence-electron chi connectivity index (χ4n) is 1.22. The summed E-state index contributed by atoms with van der Waals surface area (Å²) in [6.45, 7) is 6.20. The molecule has 0 aromatic carbocycles. The first kappa shape index (κ1) is 9.76. The van der Waals surface area contributed by atoms with Gasteiger partial charge in [0.05, 0.1) is 5.69 Å². The van der Waals surface area contributed by atoms with E-state index in [4.69, 9.17) is 10.3 Å². The van der Waals surface area contributed by atoms with E-state index >= 15 is 0 Å². The summed E-state index contributed by atoms with van der Waals surface area (Å²) in [6, 6.07) is 3.62. The Morgan fingerprint density at radius 1 is 1.33 bits per heavy atom. The fourth-order valence-corrected chi connectivity index (χ4v) is 1.22. The van der Waals surface area contributed by atoms with Crippen molar-refractivity contribution in [3.05, 3.63) is 17.9 Å². The van der Waals surface area contributed by atoms with Crippen molar-refractivity contribution in [1.29, 1.82) is 0 Å². The number of hydrogen-bond acceptors (Lipinski definition) is 4. The van der Waals surface area contributed by atoms with Crippen LogP contribution in [0, 0.1) is 0 Å². The minimum Gasteiger partial charge on any atom is -0.382 e. The van der Waals surface area contributed by atoms with E-state index in [0.717, 1.165) is 17.1 Å². The number of hydrogen-bond donors (Lipinski definition) is 2. The predicted octanol–water partition coefficient (Wildman–Crippen LogP) is 1.94. The molecule has 2 rings (SSSR count). The van der Waals surface area contributed by atoms with Crippen LogP contribution in [0.5, 0.6) is 0 Å². The third-order valence-electron chi connectivity index (χ3n) is 2.12. The van der Waals surface area contributed by atoms with Crippen LogP contribution in [0.4, 0.5) is 5.82 Å². The Morgan fingerprint density at radius 3 is 2.53 bits per heavy atom. The molecule has 0 saturated heterocycles. The molecule has 0 spiro atoms. The summed E-state index contributed by atoms with van der Waals surface area (Å²) in [6.07, 6.45) is 0. The molecule has 2 aromatic heterocycles. The van der Waals surface area contributed by atoms with Crippen molar-refractivity contribution in [1.82, 2.24) is 15.4 Å². The van der Waals surface area contributed by atoms with E-state index in [1.54, 1.807) is 6.07 Å². The van der Waals surface area contributed by atoms with E-state index in [1.165, 1.54) is 0 Å². The minimum absolute atomic E-state index is 0.0448. The average Bonchev–Trinajstić information content (AvgIpc) is 2.69. The molecule has 80 valence electrons. The van der Waals surface area contributed by atoms with E-state index < -0.39 is 0 Å². The zero-order valence-electron chi connectivity index (χ0n) is 9.03. The molecule has 0 bridgehead atoms. The summed E-state index contributed by atoms with van der Waals surface area (Å²) in [7, 11) is 0. The van der Waals surface area contributed by atoms with Gasteiger partial charge in [-0.15, -0.1) is 0 Å². The zero-order chi connectivity index (χ0) is 11.1. The second-order valence-electron chi connectivity index (χ2n) is 4.53. The van der Waals surface area contributed by atoms with E-state index in [-0.39, 0.29) is 5.41 Å². The Morgan fingerprint density at radius 2 is 2.07 bits per heavy atom. The van der Waals surface area contributed by atoms with Crippen LogP contribution in [0.2, 0.25) is 0 Å². The van der Waals surface area contributed by atoms with Crippen molar-refractivity contribution in [3.63, 3.8) is 0 Å². The van der Waals surface area contributed by atoms with Gasteiger partial charge in [0.25, 0.3) is 0 Å². The molecule has 0 unspecified atom stereocenters. The van der Waals surface area contributed by atoms with Gasteiger partial charge in [0, 0.05) is 17.5 Å². The van der Waals surface area contributed by atoms with Crippen molar-refractivity contribution in [2.45, 2.75) is 26.2 Å². The maximum absolute atomic E-state index is 5.51. The first-order valence-electron chi connectivity index (χ1n) is 4.75. The van der Waals surface area contributed by atoms with E-state index in [9.17, 15) is 0 Å². The molecular formula is C10H14N4O. The smallest absolute Gasteiger partial charge is 0.145 e. The highest BCUT2D eigenvalue weighted by molar-refractivity contribution is 5.57. The lowest BCUT2D eigenvalue weighted by Gasteiger charge is -2.11. The molecular weight excluding hydrogens is 192 g/mol. The monoisotopic (exact) mass is 206 g/mol. The number of H-pyrrole nitrogens is 1. The van der Waals surface area contributed by atoms with Crippen LogP contribution in [-0.4, -0.2) is 15.4 Å². The van der Waals surface area contributed by atoms with Gasteiger partial charge in [0.2, 0.25) is 0 Å². The third-order valence-corrected chi connectivity index (χ3v) is 2.12. The normalized spacial score (nSPS) is 11.9. The number of nitrogen functional groups attached to an aromatic ring is 1. The lowest BCUT2D eigenvalue weighted by atomic mass is 9.93. The molecule has 15 heavy (non-hydrogen) atoms. The van der Waals surface area contributed by atoms with Crippen LogP contribution in [0.3, 0.4) is 0 Å². The Labute approximate surface area is 87.7 Å². The molecule has 0 saturated carbocycles. The van der Waals surface area contributed by atoms with E-state index in [2.05, 4.69) is 36.1 Å². The molecule has 0 aliphatic heterocycles. The van der Waals surface area contributed by atoms with Gasteiger partial charge in [-0.05, 0) is 0 Å². The minimum atomic E-state index is -0.0448. The van der Waals surface area contributed by atoms with Crippen molar-refractivity contribution < 1.29 is 4.52 Å². The van der Waals surface area contributed by atoms with Gasteiger partial charge in [0.1, 0.15) is 17.3 Å². The highest BCUT2D eigenvalue weighted by Crippen LogP contribution is 2.26. The molecule has 0 radical (unpaired) electrons. The summed E-state index contributed by atoms with van der Waals surface area (Å²) >= 11 is 0. The summed E-state index contributed by atoms with van der Waals surface area (Å²) < 4.78 is 5.25. The highest BCUT2D eigenvalue weighted by Gasteiger charge is 2.20. The Bertz CT molecular complexity index is 464. The molecule has 0 aliphatic carbocycles. The van der Waals surface area contributed by atoms with Gasteiger partial charge in [-0.3, -0.25) is 5.10 Å². The third kappa shape index (κ3) is 1.86. The summed E-state index contributed by atoms with van der Waals surface area (Å²) in [5, 5.41) is 10.6. The average molecular weight is 206 g/mol. The molecule has 3 N–H and O–H groups in total. The fraction of sp³-hybridized carbons (Fsp3) is 0.400. The molecule has 0 fully saturated rings. The van der Waals surface area contributed by atoms with Gasteiger partial charge in [-0.1, -0.05) is 25.9 Å². The van der Waals surface area contributed by atoms with Gasteiger partial charge >= 0.3 is 0 Å². The van der Waals surface area contributed by atoms with Crippen LogP contribution >= 0.6 is 0 Å². The standard InChI is InChI=1S/C10H14N4O/c1-10(2,3)8-4-7(14-15-8)6-5-9(11)13-12-6/h4-5H,1-3H3,(H3,11,12,13). The predicted molar refractivity (Wildman–Crippen MR) is 57.2 cm³/mol. The first-order chi connectivity index (χ1) is 6.97.